The first-order valence-corrected chi connectivity index (χ1v) is 25.5. The summed E-state index contributed by atoms with van der Waals surface area (Å²) in [4.78, 5) is 0. The van der Waals surface area contributed by atoms with Crippen LogP contribution in [0.2, 0.25) is 0 Å². The highest BCUT2D eigenvalue weighted by Crippen LogP contribution is 2.48. The number of rotatable bonds is 14. The van der Waals surface area contributed by atoms with Gasteiger partial charge in [0.15, 0.2) is 0 Å². The Balaban J connectivity index is 1.58. The fraction of sp³-hybridized carbons (Fsp3) is 0.364. The van der Waals surface area contributed by atoms with Crippen molar-refractivity contribution in [3.05, 3.63) is 172 Å². The minimum atomic E-state index is 0.327. The molecule has 7 rings (SSSR count). The maximum atomic E-state index is 7.70. The van der Waals surface area contributed by atoms with Crippen LogP contribution in [0.25, 0.3) is 66.8 Å². The average molecular weight is 886 g/mol. The van der Waals surface area contributed by atoms with E-state index in [1.165, 1.54) is 94.6 Å². The number of hydrogen-bond donors (Lipinski definition) is 1. The number of benzene rings is 7. The van der Waals surface area contributed by atoms with Crippen LogP contribution in [-0.2, 0) is 0 Å². The van der Waals surface area contributed by atoms with Crippen LogP contribution >= 0.6 is 0 Å². The summed E-state index contributed by atoms with van der Waals surface area (Å²) in [5.74, 6) is 2.85. The fourth-order valence-corrected chi connectivity index (χ4v) is 10.7. The lowest BCUT2D eigenvalue weighted by Crippen LogP contribution is -2.05. The molecule has 0 atom stereocenters. The minimum Gasteiger partial charge on any atom is -0.398 e. The predicted octanol–water partition coefficient (Wildman–Crippen LogP) is 20.3. The molecule has 0 fully saturated rings. The van der Waals surface area contributed by atoms with Gasteiger partial charge in [0.25, 0.3) is 0 Å². The Morgan fingerprint density at radius 1 is 0.239 bits per heavy atom. The van der Waals surface area contributed by atoms with Crippen molar-refractivity contribution in [2.24, 2.45) is 0 Å². The molecule has 7 aromatic rings. The van der Waals surface area contributed by atoms with Gasteiger partial charge < -0.3 is 5.73 Å². The molecule has 348 valence electrons. The molecule has 0 saturated carbocycles. The van der Waals surface area contributed by atoms with Gasteiger partial charge in [-0.15, -0.1) is 0 Å². The van der Waals surface area contributed by atoms with E-state index in [4.69, 9.17) is 5.73 Å². The smallest absolute Gasteiger partial charge is 0.0474 e. The van der Waals surface area contributed by atoms with E-state index >= 15 is 0 Å². The van der Waals surface area contributed by atoms with E-state index < -0.39 is 0 Å². The lowest BCUT2D eigenvalue weighted by atomic mass is 9.79. The normalized spacial score (nSPS) is 12.1. The van der Waals surface area contributed by atoms with E-state index in [0.29, 0.717) is 47.3 Å². The number of anilines is 1. The molecule has 0 aliphatic rings. The maximum absolute atomic E-state index is 7.70. The number of nitrogen functional groups attached to an aromatic ring is 1. The van der Waals surface area contributed by atoms with Crippen LogP contribution in [0.4, 0.5) is 5.69 Å². The van der Waals surface area contributed by atoms with Crippen LogP contribution in [0.15, 0.2) is 127 Å². The Morgan fingerprint density at radius 3 is 0.806 bits per heavy atom. The first-order chi connectivity index (χ1) is 31.8. The topological polar surface area (TPSA) is 26.0 Å². The molecule has 0 aliphatic heterocycles. The second kappa shape index (κ2) is 20.3. The van der Waals surface area contributed by atoms with Crippen LogP contribution in [0.5, 0.6) is 0 Å². The third-order valence-corrected chi connectivity index (χ3v) is 14.2. The Bertz CT molecular complexity index is 2690. The molecule has 0 aliphatic carbocycles. The van der Waals surface area contributed by atoms with Gasteiger partial charge in [-0.1, -0.05) is 202 Å². The lowest BCUT2D eigenvalue weighted by molar-refractivity contribution is 0.837. The molecule has 0 unspecified atom stereocenters. The monoisotopic (exact) mass is 886 g/mol. The molecule has 7 aromatic carbocycles. The zero-order valence-electron chi connectivity index (χ0n) is 43.8. The van der Waals surface area contributed by atoms with Crippen LogP contribution < -0.4 is 5.73 Å². The van der Waals surface area contributed by atoms with Crippen LogP contribution in [0.1, 0.15) is 203 Å². The summed E-state index contributed by atoms with van der Waals surface area (Å²) in [6.07, 6.45) is 0. The SMILES string of the molecule is CC(C)c1cccc(C(C)C)c1-c1cc(-c2cccc(-c3cc(-c4c(C(C)C)cccc4C(C)C)cc(-c4c(C(C)C)cccc4C(C)C)c3N)c2)cc(-c2c(C(C)C)cccc2C(C)C)c1. The van der Waals surface area contributed by atoms with Gasteiger partial charge in [-0.2, -0.15) is 0 Å². The largest absolute Gasteiger partial charge is 0.398 e. The third kappa shape index (κ3) is 9.86. The highest BCUT2D eigenvalue weighted by atomic mass is 14.6. The summed E-state index contributed by atoms with van der Waals surface area (Å²) >= 11 is 0. The van der Waals surface area contributed by atoms with Crippen molar-refractivity contribution in [3.8, 4) is 66.8 Å². The van der Waals surface area contributed by atoms with E-state index in [1.807, 2.05) is 0 Å². The van der Waals surface area contributed by atoms with Crippen molar-refractivity contribution in [1.82, 2.24) is 0 Å². The highest BCUT2D eigenvalue weighted by Gasteiger charge is 2.25. The van der Waals surface area contributed by atoms with Gasteiger partial charge in [-0.05, 0) is 184 Å². The van der Waals surface area contributed by atoms with Gasteiger partial charge in [-0.25, -0.2) is 0 Å². The summed E-state index contributed by atoms with van der Waals surface area (Å²) in [7, 11) is 0. The summed E-state index contributed by atoms with van der Waals surface area (Å²) in [6, 6.07) is 49.2. The second-order valence-corrected chi connectivity index (χ2v) is 21.8. The Labute approximate surface area is 406 Å². The van der Waals surface area contributed by atoms with E-state index in [2.05, 4.69) is 238 Å². The standard InChI is InChI=1S/C66H79N/c1-38(2)52-24-18-25-53(39(3)4)62(52)49-33-48(34-50(35-49)63-54(40(5)6)26-19-27-55(63)41(7)8)46-22-17-23-47(32-46)60-36-51(64-56(42(9)10)28-20-29-57(64)43(11)12)37-61(66(60)67)65-58(44(13)14)30-21-31-59(65)45(15)16/h17-45H,67H2,1-16H3. The summed E-state index contributed by atoms with van der Waals surface area (Å²) in [6.45, 7) is 37.2. The molecule has 0 aromatic heterocycles. The molecule has 0 bridgehead atoms. The van der Waals surface area contributed by atoms with E-state index in [9.17, 15) is 0 Å². The zero-order valence-corrected chi connectivity index (χ0v) is 43.8. The molecule has 0 spiro atoms. The minimum absolute atomic E-state index is 0.327. The van der Waals surface area contributed by atoms with Gasteiger partial charge in [-0.3, -0.25) is 0 Å². The lowest BCUT2D eigenvalue weighted by Gasteiger charge is -2.25. The van der Waals surface area contributed by atoms with Crippen molar-refractivity contribution in [1.29, 1.82) is 0 Å². The van der Waals surface area contributed by atoms with Gasteiger partial charge in [0.2, 0.25) is 0 Å². The highest BCUT2D eigenvalue weighted by molar-refractivity contribution is 5.97. The van der Waals surface area contributed by atoms with E-state index in [0.717, 1.165) is 22.4 Å². The maximum Gasteiger partial charge on any atom is 0.0474 e. The van der Waals surface area contributed by atoms with Gasteiger partial charge >= 0.3 is 0 Å². The molecule has 2 N–H and O–H groups in total. The molecular formula is C66H79N. The Hall–Kier alpha value is -5.66. The van der Waals surface area contributed by atoms with Crippen LogP contribution in [0, 0.1) is 0 Å². The van der Waals surface area contributed by atoms with Gasteiger partial charge in [0.1, 0.15) is 0 Å². The van der Waals surface area contributed by atoms with E-state index in [1.54, 1.807) is 0 Å². The molecular weight excluding hydrogens is 807 g/mol. The first-order valence-electron chi connectivity index (χ1n) is 25.5. The van der Waals surface area contributed by atoms with Crippen molar-refractivity contribution >= 4 is 5.69 Å². The van der Waals surface area contributed by atoms with Crippen LogP contribution in [0.3, 0.4) is 0 Å². The molecule has 0 radical (unpaired) electrons. The predicted molar refractivity (Wildman–Crippen MR) is 296 cm³/mol. The molecule has 0 heterocycles. The quantitative estimate of drug-likeness (QED) is 0.108. The Kier molecular flexibility index (Phi) is 14.9. The summed E-state index contributed by atoms with van der Waals surface area (Å²) in [5.41, 5.74) is 34.4. The molecule has 1 nitrogen and oxygen atoms in total. The molecule has 0 saturated heterocycles. The van der Waals surface area contributed by atoms with E-state index in [-0.39, 0.29) is 0 Å². The fourth-order valence-electron chi connectivity index (χ4n) is 10.7. The van der Waals surface area contributed by atoms with Crippen molar-refractivity contribution < 1.29 is 0 Å². The van der Waals surface area contributed by atoms with Crippen molar-refractivity contribution in [2.75, 3.05) is 5.73 Å². The van der Waals surface area contributed by atoms with Gasteiger partial charge in [0, 0.05) is 16.8 Å². The molecule has 67 heavy (non-hydrogen) atoms. The average Bonchev–Trinajstić information content (AvgIpc) is 3.30. The molecule has 1 heteroatoms. The second-order valence-electron chi connectivity index (χ2n) is 21.8. The molecule has 0 amide bonds. The van der Waals surface area contributed by atoms with Gasteiger partial charge in [0.05, 0.1) is 0 Å². The summed E-state index contributed by atoms with van der Waals surface area (Å²) in [5, 5.41) is 0. The first kappa shape index (κ1) is 49.3. The Morgan fingerprint density at radius 2 is 0.478 bits per heavy atom. The number of nitrogens with two attached hydrogens (primary N) is 1. The van der Waals surface area contributed by atoms with Crippen molar-refractivity contribution in [3.63, 3.8) is 0 Å². The number of hydrogen-bond acceptors (Lipinski definition) is 1. The van der Waals surface area contributed by atoms with Crippen molar-refractivity contribution in [2.45, 2.75) is 158 Å². The zero-order chi connectivity index (χ0) is 48.6. The summed E-state index contributed by atoms with van der Waals surface area (Å²) < 4.78 is 0. The third-order valence-electron chi connectivity index (χ3n) is 14.2. The van der Waals surface area contributed by atoms with Crippen LogP contribution in [-0.4, -0.2) is 0 Å².